The van der Waals surface area contributed by atoms with Crippen LogP contribution in [0, 0.1) is 13.8 Å². The van der Waals surface area contributed by atoms with Gasteiger partial charge in [0.2, 0.25) is 0 Å². The van der Waals surface area contributed by atoms with E-state index >= 15 is 0 Å². The van der Waals surface area contributed by atoms with Crippen molar-refractivity contribution in [3.63, 3.8) is 0 Å². The third kappa shape index (κ3) is 5.31. The monoisotopic (exact) mass is 332 g/mol. The summed E-state index contributed by atoms with van der Waals surface area (Å²) in [5.41, 5.74) is 3.82. The molecule has 0 aliphatic heterocycles. The lowest BCUT2D eigenvalue weighted by Gasteiger charge is -2.10. The molecule has 4 nitrogen and oxygen atoms in total. The van der Waals surface area contributed by atoms with Crippen LogP contribution in [0.5, 0.6) is 0 Å². The summed E-state index contributed by atoms with van der Waals surface area (Å²) in [7, 11) is 0. The summed E-state index contributed by atoms with van der Waals surface area (Å²) in [6.45, 7) is 5.61. The number of anilines is 2. The van der Waals surface area contributed by atoms with Crippen LogP contribution in [0.3, 0.4) is 0 Å². The van der Waals surface area contributed by atoms with Gasteiger partial charge in [-0.1, -0.05) is 60.2 Å². The van der Waals surface area contributed by atoms with E-state index in [9.17, 15) is 0 Å². The van der Waals surface area contributed by atoms with E-state index in [1.807, 2.05) is 19.1 Å². The molecule has 0 fully saturated rings. The molecule has 2 N–H and O–H groups in total. The van der Waals surface area contributed by atoms with Crippen molar-refractivity contribution in [2.24, 2.45) is 0 Å². The second-order valence-corrected chi connectivity index (χ2v) is 6.19. The van der Waals surface area contributed by atoms with Gasteiger partial charge in [0.25, 0.3) is 0 Å². The Morgan fingerprint density at radius 3 is 2.16 bits per heavy atom. The zero-order valence-electron chi connectivity index (χ0n) is 14.8. The molecule has 2 aromatic carbocycles. The van der Waals surface area contributed by atoms with Gasteiger partial charge < -0.3 is 10.6 Å². The van der Waals surface area contributed by atoms with Crippen LogP contribution >= 0.6 is 0 Å². The van der Waals surface area contributed by atoms with Crippen LogP contribution in [0.15, 0.2) is 60.7 Å². The zero-order valence-corrected chi connectivity index (χ0v) is 14.8. The number of aryl methyl sites for hydroxylation is 2. The van der Waals surface area contributed by atoms with Gasteiger partial charge in [-0.2, -0.15) is 0 Å². The van der Waals surface area contributed by atoms with E-state index in [0.29, 0.717) is 0 Å². The van der Waals surface area contributed by atoms with Crippen molar-refractivity contribution in [1.82, 2.24) is 9.97 Å². The number of rotatable bonds is 7. The van der Waals surface area contributed by atoms with Crippen LogP contribution < -0.4 is 10.6 Å². The summed E-state index contributed by atoms with van der Waals surface area (Å²) in [5, 5.41) is 6.77. The molecule has 3 rings (SSSR count). The summed E-state index contributed by atoms with van der Waals surface area (Å²) < 4.78 is 0. The molecule has 3 aromatic rings. The largest absolute Gasteiger partial charge is 0.370 e. The molecule has 0 radical (unpaired) electrons. The Morgan fingerprint density at radius 2 is 1.44 bits per heavy atom. The SMILES string of the molecule is Cc1ccc(CNc2cc(NCCc3ccccc3)nc(C)n2)cc1. The Kier molecular flexibility index (Phi) is 5.62. The molecule has 25 heavy (non-hydrogen) atoms. The molecule has 0 amide bonds. The van der Waals surface area contributed by atoms with Crippen molar-refractivity contribution < 1.29 is 0 Å². The fraction of sp³-hybridized carbons (Fsp3) is 0.238. The molecular formula is C21H24N4. The number of hydrogen-bond acceptors (Lipinski definition) is 4. The van der Waals surface area contributed by atoms with Gasteiger partial charge in [-0.05, 0) is 31.4 Å². The molecule has 0 saturated heterocycles. The van der Waals surface area contributed by atoms with Gasteiger partial charge in [-0.15, -0.1) is 0 Å². The summed E-state index contributed by atoms with van der Waals surface area (Å²) in [6.07, 6.45) is 0.968. The van der Waals surface area contributed by atoms with Crippen molar-refractivity contribution in [3.05, 3.63) is 83.2 Å². The van der Waals surface area contributed by atoms with Gasteiger partial charge in [0.05, 0.1) is 0 Å². The minimum atomic E-state index is 0.750. The highest BCUT2D eigenvalue weighted by Crippen LogP contribution is 2.13. The Hall–Kier alpha value is -2.88. The summed E-state index contributed by atoms with van der Waals surface area (Å²) in [5.74, 6) is 2.46. The van der Waals surface area contributed by atoms with Crippen LogP contribution in [-0.2, 0) is 13.0 Å². The second-order valence-electron chi connectivity index (χ2n) is 6.19. The maximum atomic E-state index is 4.47. The fourth-order valence-corrected chi connectivity index (χ4v) is 2.63. The molecule has 0 spiro atoms. The predicted molar refractivity (Wildman–Crippen MR) is 104 cm³/mol. The first-order valence-corrected chi connectivity index (χ1v) is 8.62. The van der Waals surface area contributed by atoms with Crippen molar-refractivity contribution in [3.8, 4) is 0 Å². The Bertz CT molecular complexity index is 798. The Morgan fingerprint density at radius 1 is 0.760 bits per heavy atom. The Balaban J connectivity index is 1.57. The molecule has 1 aromatic heterocycles. The number of hydrogen-bond donors (Lipinski definition) is 2. The van der Waals surface area contributed by atoms with Gasteiger partial charge in [0, 0.05) is 19.2 Å². The lowest BCUT2D eigenvalue weighted by molar-refractivity contribution is 0.975. The maximum Gasteiger partial charge on any atom is 0.132 e. The van der Waals surface area contributed by atoms with Crippen LogP contribution in [0.25, 0.3) is 0 Å². The average molecular weight is 332 g/mol. The van der Waals surface area contributed by atoms with Crippen LogP contribution in [0.2, 0.25) is 0 Å². The quantitative estimate of drug-likeness (QED) is 0.675. The number of aromatic nitrogens is 2. The van der Waals surface area contributed by atoms with E-state index in [1.54, 1.807) is 0 Å². The first-order valence-electron chi connectivity index (χ1n) is 8.62. The smallest absolute Gasteiger partial charge is 0.132 e. The van der Waals surface area contributed by atoms with Gasteiger partial charge in [-0.25, -0.2) is 9.97 Å². The Labute approximate surface area is 149 Å². The molecule has 0 bridgehead atoms. The third-order valence-corrected chi connectivity index (χ3v) is 3.99. The minimum Gasteiger partial charge on any atom is -0.370 e. The van der Waals surface area contributed by atoms with E-state index in [2.05, 4.69) is 76.1 Å². The molecular weight excluding hydrogens is 308 g/mol. The first kappa shape index (κ1) is 17.0. The summed E-state index contributed by atoms with van der Waals surface area (Å²) >= 11 is 0. The van der Waals surface area contributed by atoms with Crippen molar-refractivity contribution in [1.29, 1.82) is 0 Å². The third-order valence-electron chi connectivity index (χ3n) is 3.99. The van der Waals surface area contributed by atoms with Gasteiger partial charge >= 0.3 is 0 Å². The van der Waals surface area contributed by atoms with E-state index in [0.717, 1.165) is 37.0 Å². The highest BCUT2D eigenvalue weighted by molar-refractivity contribution is 5.48. The highest BCUT2D eigenvalue weighted by atomic mass is 15.1. The maximum absolute atomic E-state index is 4.47. The van der Waals surface area contributed by atoms with Crippen LogP contribution in [0.1, 0.15) is 22.5 Å². The molecule has 0 saturated carbocycles. The topological polar surface area (TPSA) is 49.8 Å². The molecule has 128 valence electrons. The minimum absolute atomic E-state index is 0.750. The van der Waals surface area contributed by atoms with Crippen molar-refractivity contribution in [2.45, 2.75) is 26.8 Å². The number of nitrogens with zero attached hydrogens (tertiary/aromatic N) is 2. The van der Waals surface area contributed by atoms with E-state index in [4.69, 9.17) is 0 Å². The lowest BCUT2D eigenvalue weighted by atomic mass is 10.1. The van der Waals surface area contributed by atoms with Gasteiger partial charge in [-0.3, -0.25) is 0 Å². The standard InChI is InChI=1S/C21H24N4/c1-16-8-10-19(11-9-16)15-23-21-14-20(24-17(2)25-21)22-13-12-18-6-4-3-5-7-18/h3-11,14H,12-13,15H2,1-2H3,(H2,22,23,24,25). The molecule has 1 heterocycles. The van der Waals surface area contributed by atoms with Crippen LogP contribution in [-0.4, -0.2) is 16.5 Å². The molecule has 0 aliphatic rings. The van der Waals surface area contributed by atoms with E-state index in [1.165, 1.54) is 16.7 Å². The van der Waals surface area contributed by atoms with Gasteiger partial charge in [0.15, 0.2) is 0 Å². The van der Waals surface area contributed by atoms with E-state index < -0.39 is 0 Å². The zero-order chi connectivity index (χ0) is 17.5. The molecule has 0 atom stereocenters. The highest BCUT2D eigenvalue weighted by Gasteiger charge is 2.02. The second kappa shape index (κ2) is 8.29. The summed E-state index contributed by atoms with van der Waals surface area (Å²) in [4.78, 5) is 8.94. The molecule has 0 aliphatic carbocycles. The van der Waals surface area contributed by atoms with Gasteiger partial charge in [0.1, 0.15) is 17.5 Å². The number of benzene rings is 2. The fourth-order valence-electron chi connectivity index (χ4n) is 2.63. The first-order chi connectivity index (χ1) is 12.2. The molecule has 0 unspecified atom stereocenters. The number of nitrogens with one attached hydrogen (secondary N) is 2. The van der Waals surface area contributed by atoms with Crippen molar-refractivity contribution in [2.75, 3.05) is 17.2 Å². The van der Waals surface area contributed by atoms with Crippen molar-refractivity contribution >= 4 is 11.6 Å². The normalized spacial score (nSPS) is 10.5. The average Bonchev–Trinajstić information content (AvgIpc) is 2.62. The molecule has 4 heteroatoms. The lowest BCUT2D eigenvalue weighted by Crippen LogP contribution is -2.09. The van der Waals surface area contributed by atoms with Crippen LogP contribution in [0.4, 0.5) is 11.6 Å². The van der Waals surface area contributed by atoms with E-state index in [-0.39, 0.29) is 0 Å². The predicted octanol–water partition coefficient (Wildman–Crippen LogP) is 4.36. The summed E-state index contributed by atoms with van der Waals surface area (Å²) in [6, 6.07) is 20.9.